The molecular weight excluding hydrogens is 408 g/mol. The summed E-state index contributed by atoms with van der Waals surface area (Å²) in [5.74, 6) is -0.214. The van der Waals surface area contributed by atoms with Crippen LogP contribution in [0.15, 0.2) is 77.6 Å². The van der Waals surface area contributed by atoms with E-state index in [2.05, 4.69) is 9.97 Å². The zero-order valence-corrected chi connectivity index (χ0v) is 17.3. The maximum absolute atomic E-state index is 13.5. The van der Waals surface area contributed by atoms with Gasteiger partial charge in [0.15, 0.2) is 0 Å². The van der Waals surface area contributed by atoms with E-state index in [-0.39, 0.29) is 29.9 Å². The van der Waals surface area contributed by atoms with Crippen molar-refractivity contribution in [1.29, 1.82) is 0 Å². The fraction of sp³-hybridized carbons (Fsp3) is 0.125. The molecule has 0 aliphatic rings. The summed E-state index contributed by atoms with van der Waals surface area (Å²) in [7, 11) is 0. The van der Waals surface area contributed by atoms with Gasteiger partial charge in [-0.1, -0.05) is 54.6 Å². The molecule has 0 fully saturated rings. The number of hydrogen-bond acceptors (Lipinski definition) is 5. The summed E-state index contributed by atoms with van der Waals surface area (Å²) in [5, 5.41) is 12.1. The second kappa shape index (κ2) is 8.81. The summed E-state index contributed by atoms with van der Waals surface area (Å²) < 4.78 is 0. The SMILES string of the molecule is Cc1cccc(C(=O)N(Cc2ccccc2)Cc2nc3ccccc3c(=O)[nH]2)c1[N+](=O)[O-]. The molecule has 0 saturated carbocycles. The average Bonchev–Trinajstić information content (AvgIpc) is 2.78. The maximum Gasteiger partial charge on any atom is 0.285 e. The number of benzene rings is 3. The highest BCUT2D eigenvalue weighted by molar-refractivity contribution is 5.98. The molecule has 8 nitrogen and oxygen atoms in total. The number of amides is 1. The summed E-state index contributed by atoms with van der Waals surface area (Å²) in [6.07, 6.45) is 0. The normalized spacial score (nSPS) is 10.8. The third-order valence-electron chi connectivity index (χ3n) is 5.16. The molecule has 0 aliphatic carbocycles. The van der Waals surface area contributed by atoms with E-state index in [9.17, 15) is 19.7 Å². The number of para-hydroxylation sites is 2. The fourth-order valence-corrected chi connectivity index (χ4v) is 3.64. The molecule has 4 rings (SSSR count). The summed E-state index contributed by atoms with van der Waals surface area (Å²) in [6, 6.07) is 20.9. The van der Waals surface area contributed by atoms with Crippen molar-refractivity contribution in [3.8, 4) is 0 Å². The molecule has 0 radical (unpaired) electrons. The number of nitro benzene ring substituents is 1. The summed E-state index contributed by atoms with van der Waals surface area (Å²) in [5.41, 5.74) is 1.22. The molecule has 4 aromatic rings. The van der Waals surface area contributed by atoms with Crippen molar-refractivity contribution in [2.75, 3.05) is 0 Å². The predicted octanol–water partition coefficient (Wildman–Crippen LogP) is 3.98. The number of nitro groups is 1. The Hall–Kier alpha value is -4.33. The number of aromatic nitrogens is 2. The summed E-state index contributed by atoms with van der Waals surface area (Å²) in [4.78, 5) is 45.7. The van der Waals surface area contributed by atoms with E-state index in [1.165, 1.54) is 11.0 Å². The van der Waals surface area contributed by atoms with E-state index in [1.54, 1.807) is 43.3 Å². The zero-order valence-electron chi connectivity index (χ0n) is 17.3. The molecule has 0 spiro atoms. The topological polar surface area (TPSA) is 109 Å². The van der Waals surface area contributed by atoms with Gasteiger partial charge in [0, 0.05) is 12.1 Å². The molecule has 3 aromatic carbocycles. The number of carbonyl (C=O) groups excluding carboxylic acids is 1. The lowest BCUT2D eigenvalue weighted by Crippen LogP contribution is -2.32. The minimum Gasteiger partial charge on any atom is -0.327 e. The average molecular weight is 428 g/mol. The van der Waals surface area contributed by atoms with Crippen molar-refractivity contribution in [1.82, 2.24) is 14.9 Å². The van der Waals surface area contributed by atoms with Gasteiger partial charge in [-0.2, -0.15) is 0 Å². The Morgan fingerprint density at radius 1 is 1.00 bits per heavy atom. The maximum atomic E-state index is 13.5. The lowest BCUT2D eigenvalue weighted by atomic mass is 10.1. The Bertz CT molecular complexity index is 1370. The number of H-pyrrole nitrogens is 1. The van der Waals surface area contributed by atoms with Crippen molar-refractivity contribution in [2.24, 2.45) is 0 Å². The number of hydrogen-bond donors (Lipinski definition) is 1. The molecule has 0 atom stereocenters. The standard InChI is InChI=1S/C24H20N4O4/c1-16-8-7-12-19(22(16)28(31)32)24(30)27(14-17-9-3-2-4-10-17)15-21-25-20-13-6-5-11-18(20)23(29)26-21/h2-13H,14-15H2,1H3,(H,25,26,29). The molecule has 0 unspecified atom stereocenters. The molecule has 1 aromatic heterocycles. The lowest BCUT2D eigenvalue weighted by molar-refractivity contribution is -0.385. The number of fused-ring (bicyclic) bond motifs is 1. The Labute approximate surface area is 183 Å². The molecule has 8 heteroatoms. The van der Waals surface area contributed by atoms with Crippen LogP contribution in [0.1, 0.15) is 27.3 Å². The second-order valence-corrected chi connectivity index (χ2v) is 7.40. The molecular formula is C24H20N4O4. The first kappa shape index (κ1) is 20.9. The zero-order chi connectivity index (χ0) is 22.7. The highest BCUT2D eigenvalue weighted by Crippen LogP contribution is 2.25. The molecule has 160 valence electrons. The van der Waals surface area contributed by atoms with Gasteiger partial charge in [-0.05, 0) is 30.7 Å². The predicted molar refractivity (Wildman–Crippen MR) is 120 cm³/mol. The monoisotopic (exact) mass is 428 g/mol. The van der Waals surface area contributed by atoms with Crippen molar-refractivity contribution in [3.63, 3.8) is 0 Å². The fourth-order valence-electron chi connectivity index (χ4n) is 3.64. The van der Waals surface area contributed by atoms with Gasteiger partial charge >= 0.3 is 0 Å². The molecule has 1 amide bonds. The number of rotatable bonds is 6. The lowest BCUT2D eigenvalue weighted by Gasteiger charge is -2.23. The van der Waals surface area contributed by atoms with Crippen LogP contribution in [-0.4, -0.2) is 25.7 Å². The van der Waals surface area contributed by atoms with E-state index in [0.717, 1.165) is 5.56 Å². The Kier molecular flexibility index (Phi) is 5.76. The minimum absolute atomic E-state index is 0.00549. The Morgan fingerprint density at radius 2 is 1.72 bits per heavy atom. The van der Waals surface area contributed by atoms with Crippen LogP contribution in [0.4, 0.5) is 5.69 Å². The van der Waals surface area contributed by atoms with E-state index in [4.69, 9.17) is 0 Å². The van der Waals surface area contributed by atoms with Gasteiger partial charge in [0.1, 0.15) is 11.4 Å². The van der Waals surface area contributed by atoms with Gasteiger partial charge in [0.05, 0.1) is 22.4 Å². The van der Waals surface area contributed by atoms with Crippen LogP contribution in [0.25, 0.3) is 10.9 Å². The molecule has 0 aliphatic heterocycles. The largest absolute Gasteiger partial charge is 0.327 e. The van der Waals surface area contributed by atoms with Gasteiger partial charge in [-0.15, -0.1) is 0 Å². The molecule has 0 saturated heterocycles. The van der Waals surface area contributed by atoms with Crippen LogP contribution in [-0.2, 0) is 13.1 Å². The first-order chi connectivity index (χ1) is 15.4. The van der Waals surface area contributed by atoms with Crippen molar-refractivity contribution in [3.05, 3.63) is 116 Å². The van der Waals surface area contributed by atoms with E-state index in [1.807, 2.05) is 30.3 Å². The van der Waals surface area contributed by atoms with Gasteiger partial charge in [0.25, 0.3) is 17.2 Å². The van der Waals surface area contributed by atoms with Crippen LogP contribution in [0.5, 0.6) is 0 Å². The van der Waals surface area contributed by atoms with Gasteiger partial charge in [-0.25, -0.2) is 4.98 Å². The van der Waals surface area contributed by atoms with Crippen LogP contribution in [0.2, 0.25) is 0 Å². The first-order valence-electron chi connectivity index (χ1n) is 9.99. The van der Waals surface area contributed by atoms with E-state index >= 15 is 0 Å². The van der Waals surface area contributed by atoms with Crippen LogP contribution in [0, 0.1) is 17.0 Å². The van der Waals surface area contributed by atoms with Crippen LogP contribution < -0.4 is 5.56 Å². The van der Waals surface area contributed by atoms with Crippen LogP contribution >= 0.6 is 0 Å². The first-order valence-corrected chi connectivity index (χ1v) is 9.99. The van der Waals surface area contributed by atoms with E-state index < -0.39 is 10.8 Å². The number of aryl methyl sites for hydroxylation is 1. The minimum atomic E-state index is -0.542. The van der Waals surface area contributed by atoms with Crippen LogP contribution in [0.3, 0.4) is 0 Å². The third-order valence-corrected chi connectivity index (χ3v) is 5.16. The van der Waals surface area contributed by atoms with E-state index in [0.29, 0.717) is 22.3 Å². The number of carbonyl (C=O) groups is 1. The third kappa shape index (κ3) is 4.24. The van der Waals surface area contributed by atoms with Gasteiger partial charge in [-0.3, -0.25) is 19.7 Å². The highest BCUT2D eigenvalue weighted by Gasteiger charge is 2.27. The van der Waals surface area contributed by atoms with Gasteiger partial charge < -0.3 is 9.88 Å². The Balaban J connectivity index is 1.76. The molecule has 32 heavy (non-hydrogen) atoms. The number of nitrogens with one attached hydrogen (secondary N) is 1. The molecule has 1 N–H and O–H groups in total. The quantitative estimate of drug-likeness (QED) is 0.369. The number of nitrogens with zero attached hydrogens (tertiary/aromatic N) is 3. The van der Waals surface area contributed by atoms with Crippen molar-refractivity contribution < 1.29 is 9.72 Å². The van der Waals surface area contributed by atoms with Crippen molar-refractivity contribution in [2.45, 2.75) is 20.0 Å². The smallest absolute Gasteiger partial charge is 0.285 e. The molecule has 1 heterocycles. The molecule has 0 bridgehead atoms. The van der Waals surface area contributed by atoms with Gasteiger partial charge in [0.2, 0.25) is 0 Å². The summed E-state index contributed by atoms with van der Waals surface area (Å²) in [6.45, 7) is 1.78. The second-order valence-electron chi connectivity index (χ2n) is 7.40. The highest BCUT2D eigenvalue weighted by atomic mass is 16.6. The summed E-state index contributed by atoms with van der Waals surface area (Å²) >= 11 is 0. The Morgan fingerprint density at radius 3 is 2.47 bits per heavy atom. The number of aromatic amines is 1. The van der Waals surface area contributed by atoms with Crippen molar-refractivity contribution >= 4 is 22.5 Å².